The van der Waals surface area contributed by atoms with Crippen LogP contribution in [0.5, 0.6) is 5.75 Å². The summed E-state index contributed by atoms with van der Waals surface area (Å²) in [6.07, 6.45) is 1.55. The number of rotatable bonds is 5. The van der Waals surface area contributed by atoms with Gasteiger partial charge in [0.15, 0.2) is 0 Å². The second-order valence-electron chi connectivity index (χ2n) is 5.89. The molecule has 0 aliphatic heterocycles. The molecule has 3 rings (SSSR count). The molecule has 0 spiro atoms. The Hall–Kier alpha value is -3.41. The van der Waals surface area contributed by atoms with Gasteiger partial charge in [-0.25, -0.2) is 9.97 Å². The van der Waals surface area contributed by atoms with Crippen molar-refractivity contribution in [2.45, 2.75) is 13.8 Å². The minimum atomic E-state index is -0.279. The number of aryl methyl sites for hydroxylation is 2. The van der Waals surface area contributed by atoms with Gasteiger partial charge in [0.1, 0.15) is 11.4 Å². The van der Waals surface area contributed by atoms with Crippen LogP contribution < -0.4 is 15.4 Å². The molecular formula is C20H20N4O2. The Balaban J connectivity index is 1.75. The van der Waals surface area contributed by atoms with Crippen molar-refractivity contribution in [2.24, 2.45) is 0 Å². The van der Waals surface area contributed by atoms with Crippen LogP contribution in [0.2, 0.25) is 0 Å². The summed E-state index contributed by atoms with van der Waals surface area (Å²) < 4.78 is 5.13. The second kappa shape index (κ2) is 7.65. The topological polar surface area (TPSA) is 76.1 Å². The van der Waals surface area contributed by atoms with Gasteiger partial charge in [0, 0.05) is 17.6 Å². The number of aromatic nitrogens is 2. The molecule has 0 unspecified atom stereocenters. The number of methoxy groups -OCH3 is 1. The summed E-state index contributed by atoms with van der Waals surface area (Å²) in [7, 11) is 1.61. The van der Waals surface area contributed by atoms with E-state index in [0.717, 1.165) is 28.3 Å². The molecule has 0 radical (unpaired) electrons. The van der Waals surface area contributed by atoms with E-state index in [1.165, 1.54) is 0 Å². The molecular weight excluding hydrogens is 328 g/mol. The third kappa shape index (κ3) is 4.16. The highest BCUT2D eigenvalue weighted by Crippen LogP contribution is 2.19. The van der Waals surface area contributed by atoms with E-state index in [1.807, 2.05) is 56.3 Å². The summed E-state index contributed by atoms with van der Waals surface area (Å²) in [5.74, 6) is 0.834. The molecule has 6 heteroatoms. The van der Waals surface area contributed by atoms with E-state index in [4.69, 9.17) is 4.74 Å². The van der Waals surface area contributed by atoms with Crippen molar-refractivity contribution in [3.8, 4) is 5.75 Å². The fourth-order valence-electron chi connectivity index (χ4n) is 2.41. The lowest BCUT2D eigenvalue weighted by Gasteiger charge is -2.10. The first-order valence-corrected chi connectivity index (χ1v) is 8.18. The predicted molar refractivity (Wildman–Crippen MR) is 102 cm³/mol. The van der Waals surface area contributed by atoms with Crippen LogP contribution in [0, 0.1) is 13.8 Å². The fourth-order valence-corrected chi connectivity index (χ4v) is 2.41. The zero-order valence-electron chi connectivity index (χ0n) is 14.9. The lowest BCUT2D eigenvalue weighted by molar-refractivity contribution is 0.102. The Kier molecular flexibility index (Phi) is 5.12. The van der Waals surface area contributed by atoms with Crippen LogP contribution in [0.15, 0.2) is 54.7 Å². The largest absolute Gasteiger partial charge is 0.497 e. The average molecular weight is 348 g/mol. The number of nitrogens with zero attached hydrogens (tertiary/aromatic N) is 2. The minimum Gasteiger partial charge on any atom is -0.497 e. The van der Waals surface area contributed by atoms with Gasteiger partial charge in [-0.1, -0.05) is 12.1 Å². The van der Waals surface area contributed by atoms with Crippen LogP contribution in [-0.4, -0.2) is 23.0 Å². The maximum atomic E-state index is 12.5. The molecule has 2 aromatic carbocycles. The second-order valence-corrected chi connectivity index (χ2v) is 5.89. The smallest absolute Gasteiger partial charge is 0.274 e. The van der Waals surface area contributed by atoms with Gasteiger partial charge in [0.2, 0.25) is 5.95 Å². The number of nitrogens with one attached hydrogen (secondary N) is 2. The monoisotopic (exact) mass is 348 g/mol. The Labute approximate surface area is 152 Å². The Morgan fingerprint density at radius 2 is 1.81 bits per heavy atom. The molecule has 26 heavy (non-hydrogen) atoms. The first kappa shape index (κ1) is 17.4. The van der Waals surface area contributed by atoms with Crippen molar-refractivity contribution in [3.63, 3.8) is 0 Å². The van der Waals surface area contributed by atoms with Crippen LogP contribution in [-0.2, 0) is 0 Å². The fraction of sp³-hybridized carbons (Fsp3) is 0.150. The molecule has 0 atom stereocenters. The Morgan fingerprint density at radius 1 is 1.04 bits per heavy atom. The molecule has 0 saturated carbocycles. The first-order valence-electron chi connectivity index (χ1n) is 8.18. The van der Waals surface area contributed by atoms with Crippen LogP contribution in [0.3, 0.4) is 0 Å². The van der Waals surface area contributed by atoms with Crippen LogP contribution >= 0.6 is 0 Å². The number of anilines is 3. The van der Waals surface area contributed by atoms with Crippen molar-refractivity contribution in [1.82, 2.24) is 9.97 Å². The van der Waals surface area contributed by atoms with Crippen molar-refractivity contribution in [2.75, 3.05) is 17.7 Å². The summed E-state index contributed by atoms with van der Waals surface area (Å²) in [6.45, 7) is 3.93. The third-order valence-electron chi connectivity index (χ3n) is 3.88. The highest BCUT2D eigenvalue weighted by molar-refractivity contribution is 6.03. The van der Waals surface area contributed by atoms with Crippen LogP contribution in [0.1, 0.15) is 21.6 Å². The van der Waals surface area contributed by atoms with E-state index in [-0.39, 0.29) is 11.6 Å². The standard InChI is InChI=1S/C20H20N4O2/c1-13-4-5-14(2)18(12-13)23-19(25)17-10-11-21-20(24-17)22-15-6-8-16(26-3)9-7-15/h4-12H,1-3H3,(H,23,25)(H,21,22,24). The van der Waals surface area contributed by atoms with E-state index in [0.29, 0.717) is 5.95 Å². The van der Waals surface area contributed by atoms with Gasteiger partial charge in [-0.2, -0.15) is 0 Å². The highest BCUT2D eigenvalue weighted by Gasteiger charge is 2.11. The summed E-state index contributed by atoms with van der Waals surface area (Å²) >= 11 is 0. The number of amides is 1. The quantitative estimate of drug-likeness (QED) is 0.726. The number of carbonyl (C=O) groups excluding carboxylic acids is 1. The van der Waals surface area contributed by atoms with Crippen LogP contribution in [0.4, 0.5) is 17.3 Å². The van der Waals surface area contributed by atoms with Crippen molar-refractivity contribution < 1.29 is 9.53 Å². The molecule has 1 aromatic heterocycles. The molecule has 0 saturated heterocycles. The maximum absolute atomic E-state index is 12.5. The molecule has 2 N–H and O–H groups in total. The summed E-state index contributed by atoms with van der Waals surface area (Å²) in [5, 5.41) is 5.98. The number of hydrogen-bond acceptors (Lipinski definition) is 5. The molecule has 1 amide bonds. The van der Waals surface area contributed by atoms with Crippen molar-refractivity contribution in [1.29, 1.82) is 0 Å². The van der Waals surface area contributed by atoms with E-state index in [2.05, 4.69) is 20.6 Å². The van der Waals surface area contributed by atoms with Gasteiger partial charge < -0.3 is 15.4 Å². The number of hydrogen-bond donors (Lipinski definition) is 2. The van der Waals surface area contributed by atoms with E-state index in [1.54, 1.807) is 19.4 Å². The van der Waals surface area contributed by atoms with Crippen molar-refractivity contribution in [3.05, 3.63) is 71.5 Å². The average Bonchev–Trinajstić information content (AvgIpc) is 2.65. The van der Waals surface area contributed by atoms with E-state index in [9.17, 15) is 4.79 Å². The van der Waals surface area contributed by atoms with E-state index >= 15 is 0 Å². The van der Waals surface area contributed by atoms with Gasteiger partial charge in [-0.05, 0) is 61.4 Å². The van der Waals surface area contributed by atoms with Crippen molar-refractivity contribution >= 4 is 23.2 Å². The number of carbonyl (C=O) groups is 1. The first-order chi connectivity index (χ1) is 12.5. The molecule has 1 heterocycles. The van der Waals surface area contributed by atoms with Gasteiger partial charge >= 0.3 is 0 Å². The van der Waals surface area contributed by atoms with Gasteiger partial charge in [-0.15, -0.1) is 0 Å². The molecule has 3 aromatic rings. The molecule has 6 nitrogen and oxygen atoms in total. The van der Waals surface area contributed by atoms with Crippen LogP contribution in [0.25, 0.3) is 0 Å². The lowest BCUT2D eigenvalue weighted by Crippen LogP contribution is -2.15. The summed E-state index contributed by atoms with van der Waals surface area (Å²) in [6, 6.07) is 14.9. The summed E-state index contributed by atoms with van der Waals surface area (Å²) in [5.41, 5.74) is 3.94. The SMILES string of the molecule is COc1ccc(Nc2nccc(C(=O)Nc3cc(C)ccc3C)n2)cc1. The molecule has 0 aliphatic carbocycles. The molecule has 0 fully saturated rings. The Morgan fingerprint density at radius 3 is 2.54 bits per heavy atom. The minimum absolute atomic E-state index is 0.279. The molecule has 0 bridgehead atoms. The zero-order valence-corrected chi connectivity index (χ0v) is 14.9. The van der Waals surface area contributed by atoms with E-state index < -0.39 is 0 Å². The number of benzene rings is 2. The van der Waals surface area contributed by atoms with Gasteiger partial charge in [0.05, 0.1) is 7.11 Å². The Bertz CT molecular complexity index is 923. The summed E-state index contributed by atoms with van der Waals surface area (Å²) in [4.78, 5) is 21.0. The molecule has 132 valence electrons. The normalized spacial score (nSPS) is 10.3. The highest BCUT2D eigenvalue weighted by atomic mass is 16.5. The zero-order chi connectivity index (χ0) is 18.5. The lowest BCUT2D eigenvalue weighted by atomic mass is 10.1. The van der Waals surface area contributed by atoms with Gasteiger partial charge in [-0.3, -0.25) is 4.79 Å². The third-order valence-corrected chi connectivity index (χ3v) is 3.88. The van der Waals surface area contributed by atoms with Gasteiger partial charge in [0.25, 0.3) is 5.91 Å². The number of ether oxygens (including phenoxy) is 1. The maximum Gasteiger partial charge on any atom is 0.274 e. The predicted octanol–water partition coefficient (Wildman–Crippen LogP) is 4.10. The molecule has 0 aliphatic rings.